The Labute approximate surface area is 130 Å². The minimum absolute atomic E-state index is 0.0667. The van der Waals surface area contributed by atoms with Gasteiger partial charge in [0.25, 0.3) is 0 Å². The van der Waals surface area contributed by atoms with Crippen molar-refractivity contribution in [2.45, 2.75) is 39.0 Å². The molecule has 0 aromatic heterocycles. The first-order chi connectivity index (χ1) is 9.54. The van der Waals surface area contributed by atoms with E-state index in [2.05, 4.69) is 35.1 Å². The lowest BCUT2D eigenvalue weighted by molar-refractivity contribution is 0.189. The Balaban J connectivity index is 2.29. The van der Waals surface area contributed by atoms with Crippen LogP contribution in [0.15, 0.2) is 22.7 Å². The fourth-order valence-corrected chi connectivity index (χ4v) is 3.95. The van der Waals surface area contributed by atoms with E-state index in [0.717, 1.165) is 18.5 Å². The van der Waals surface area contributed by atoms with Crippen molar-refractivity contribution in [3.63, 3.8) is 0 Å². The van der Waals surface area contributed by atoms with E-state index >= 15 is 0 Å². The third kappa shape index (κ3) is 3.43. The van der Waals surface area contributed by atoms with E-state index in [1.165, 1.54) is 12.8 Å². The molecule has 112 valence electrons. The Hall–Kier alpha value is -0.410. The van der Waals surface area contributed by atoms with E-state index < -0.39 is 0 Å². The lowest BCUT2D eigenvalue weighted by Gasteiger charge is -2.38. The molecule has 3 heteroatoms. The first kappa shape index (κ1) is 16.0. The predicted molar refractivity (Wildman–Crippen MR) is 86.4 cm³/mol. The van der Waals surface area contributed by atoms with Crippen molar-refractivity contribution in [2.24, 2.45) is 17.8 Å². The van der Waals surface area contributed by atoms with Crippen LogP contribution in [0.25, 0.3) is 0 Å². The summed E-state index contributed by atoms with van der Waals surface area (Å²) in [4.78, 5) is 0. The van der Waals surface area contributed by atoms with E-state index in [-0.39, 0.29) is 5.82 Å². The topological polar surface area (TPSA) is 12.0 Å². The van der Waals surface area contributed by atoms with Gasteiger partial charge in [-0.15, -0.1) is 0 Å². The van der Waals surface area contributed by atoms with Crippen molar-refractivity contribution < 1.29 is 4.39 Å². The van der Waals surface area contributed by atoms with Crippen molar-refractivity contribution in [1.29, 1.82) is 0 Å². The lowest BCUT2D eigenvalue weighted by Crippen LogP contribution is -2.32. The quantitative estimate of drug-likeness (QED) is 0.815. The molecule has 20 heavy (non-hydrogen) atoms. The highest BCUT2D eigenvalue weighted by atomic mass is 79.9. The van der Waals surface area contributed by atoms with Gasteiger partial charge < -0.3 is 5.32 Å². The van der Waals surface area contributed by atoms with Crippen molar-refractivity contribution in [1.82, 2.24) is 5.32 Å². The van der Waals surface area contributed by atoms with Crippen LogP contribution in [0.4, 0.5) is 4.39 Å². The van der Waals surface area contributed by atoms with E-state index in [1.807, 2.05) is 19.2 Å². The van der Waals surface area contributed by atoms with Gasteiger partial charge in [-0.05, 0) is 84.1 Å². The van der Waals surface area contributed by atoms with E-state index in [9.17, 15) is 4.39 Å². The monoisotopic (exact) mass is 341 g/mol. The Bertz CT molecular complexity index is 447. The second-order valence-electron chi connectivity index (χ2n) is 6.38. The Morgan fingerprint density at radius 3 is 2.75 bits per heavy atom. The summed E-state index contributed by atoms with van der Waals surface area (Å²) in [5, 5.41) is 3.28. The molecular formula is C17H25BrFN. The summed E-state index contributed by atoms with van der Waals surface area (Å²) < 4.78 is 15.0. The highest BCUT2D eigenvalue weighted by molar-refractivity contribution is 9.10. The summed E-state index contributed by atoms with van der Waals surface area (Å²) >= 11 is 3.33. The van der Waals surface area contributed by atoms with Crippen LogP contribution < -0.4 is 5.32 Å². The number of hydrogen-bond acceptors (Lipinski definition) is 1. The van der Waals surface area contributed by atoms with Gasteiger partial charge in [0, 0.05) is 0 Å². The molecule has 0 spiro atoms. The van der Waals surface area contributed by atoms with Crippen molar-refractivity contribution in [3.05, 3.63) is 34.1 Å². The minimum atomic E-state index is -0.0667. The number of rotatable bonds is 4. The largest absolute Gasteiger partial charge is 0.319 e. The third-order valence-corrected chi connectivity index (χ3v) is 5.44. The molecule has 3 unspecified atom stereocenters. The second kappa shape index (κ2) is 7.04. The van der Waals surface area contributed by atoms with Gasteiger partial charge in [-0.25, -0.2) is 4.39 Å². The highest BCUT2D eigenvalue weighted by Crippen LogP contribution is 2.44. The molecule has 0 radical (unpaired) electrons. The molecule has 1 saturated carbocycles. The maximum Gasteiger partial charge on any atom is 0.140 e. The number of halogens is 2. The molecule has 1 N–H and O–H groups in total. The first-order valence-electron chi connectivity index (χ1n) is 7.63. The predicted octanol–water partition coefficient (Wildman–Crippen LogP) is 4.96. The van der Waals surface area contributed by atoms with Crippen molar-refractivity contribution >= 4 is 15.9 Å². The zero-order valence-electron chi connectivity index (χ0n) is 12.6. The second-order valence-corrected chi connectivity index (χ2v) is 7.24. The average molecular weight is 342 g/mol. The summed E-state index contributed by atoms with van der Waals surface area (Å²) in [7, 11) is 1.99. The molecule has 0 amide bonds. The molecule has 3 atom stereocenters. The van der Waals surface area contributed by atoms with Gasteiger partial charge in [-0.2, -0.15) is 0 Å². The Kier molecular flexibility index (Phi) is 5.62. The van der Waals surface area contributed by atoms with Gasteiger partial charge in [-0.1, -0.05) is 26.0 Å². The van der Waals surface area contributed by atoms with Crippen LogP contribution in [0.3, 0.4) is 0 Å². The van der Waals surface area contributed by atoms with Crippen molar-refractivity contribution in [2.75, 3.05) is 13.6 Å². The molecule has 0 bridgehead atoms. The Morgan fingerprint density at radius 2 is 2.10 bits per heavy atom. The molecule has 1 aromatic carbocycles. The summed E-state index contributed by atoms with van der Waals surface area (Å²) in [6.45, 7) is 5.55. The van der Waals surface area contributed by atoms with Crippen LogP contribution in [0.1, 0.15) is 44.6 Å². The first-order valence-corrected chi connectivity index (χ1v) is 8.42. The summed E-state index contributed by atoms with van der Waals surface area (Å²) in [5.74, 6) is 2.21. The fraction of sp³-hybridized carbons (Fsp3) is 0.647. The summed E-state index contributed by atoms with van der Waals surface area (Å²) in [6, 6.07) is 5.71. The molecule has 1 nitrogen and oxygen atoms in total. The van der Waals surface area contributed by atoms with Gasteiger partial charge in [0.05, 0.1) is 4.47 Å². The molecule has 0 saturated heterocycles. The van der Waals surface area contributed by atoms with E-state index in [0.29, 0.717) is 28.1 Å². The number of benzene rings is 1. The third-order valence-electron chi connectivity index (χ3n) is 4.82. The molecule has 0 aliphatic heterocycles. The molecular weight excluding hydrogens is 317 g/mol. The maximum atomic E-state index is 14.5. The number of nitrogens with one attached hydrogen (secondary N) is 1. The minimum Gasteiger partial charge on any atom is -0.319 e. The molecule has 1 aliphatic rings. The van der Waals surface area contributed by atoms with Gasteiger partial charge in [0.15, 0.2) is 0 Å². The van der Waals surface area contributed by atoms with Gasteiger partial charge in [-0.3, -0.25) is 0 Å². The van der Waals surface area contributed by atoms with Gasteiger partial charge in [0.2, 0.25) is 0 Å². The maximum absolute atomic E-state index is 14.5. The summed E-state index contributed by atoms with van der Waals surface area (Å²) in [6.07, 6.45) is 3.58. The smallest absolute Gasteiger partial charge is 0.140 e. The SMILES string of the molecule is CNCC1CCC(C(C)C)CC1c1cccc(Br)c1F. The standard InChI is InChI=1S/C17H25BrFN/c1-11(2)12-7-8-13(10-20-3)15(9-12)14-5-4-6-16(18)17(14)19/h4-6,11-13,15,20H,7-10H2,1-3H3. The van der Waals surface area contributed by atoms with Crippen LogP contribution >= 0.6 is 15.9 Å². The van der Waals surface area contributed by atoms with Crippen molar-refractivity contribution in [3.8, 4) is 0 Å². The zero-order valence-corrected chi connectivity index (χ0v) is 14.2. The molecule has 2 rings (SSSR count). The van der Waals surface area contributed by atoms with Crippen LogP contribution in [0, 0.1) is 23.6 Å². The van der Waals surface area contributed by atoms with E-state index in [1.54, 1.807) is 6.07 Å². The van der Waals surface area contributed by atoms with Crippen LogP contribution in [0.2, 0.25) is 0 Å². The van der Waals surface area contributed by atoms with Crippen LogP contribution in [-0.2, 0) is 0 Å². The Morgan fingerprint density at radius 1 is 1.35 bits per heavy atom. The van der Waals surface area contributed by atoms with E-state index in [4.69, 9.17) is 0 Å². The molecule has 0 heterocycles. The average Bonchev–Trinajstić information content (AvgIpc) is 2.43. The van der Waals surface area contributed by atoms with Crippen LogP contribution in [0.5, 0.6) is 0 Å². The fourth-order valence-electron chi connectivity index (χ4n) is 3.57. The molecule has 1 aliphatic carbocycles. The zero-order chi connectivity index (χ0) is 14.7. The highest BCUT2D eigenvalue weighted by Gasteiger charge is 2.33. The van der Waals surface area contributed by atoms with Crippen LogP contribution in [-0.4, -0.2) is 13.6 Å². The summed E-state index contributed by atoms with van der Waals surface area (Å²) in [5.41, 5.74) is 0.893. The molecule has 1 fully saturated rings. The lowest BCUT2D eigenvalue weighted by atomic mass is 9.68. The molecule has 1 aromatic rings. The van der Waals surface area contributed by atoms with Gasteiger partial charge >= 0.3 is 0 Å². The number of hydrogen-bond donors (Lipinski definition) is 1. The van der Waals surface area contributed by atoms with Gasteiger partial charge in [0.1, 0.15) is 5.82 Å². The normalized spacial score (nSPS) is 27.0.